The Balaban J connectivity index is 2.81. The van der Waals surface area contributed by atoms with Crippen molar-refractivity contribution in [2.45, 2.75) is 13.1 Å². The summed E-state index contributed by atoms with van der Waals surface area (Å²) in [5, 5.41) is 1.52. The zero-order valence-electron chi connectivity index (χ0n) is 10.8. The predicted octanol–water partition coefficient (Wildman–Crippen LogP) is 2.90. The maximum Gasteiger partial charge on any atom is 0.471 e. The van der Waals surface area contributed by atoms with Crippen molar-refractivity contribution in [3.63, 3.8) is 0 Å². The minimum absolute atomic E-state index is 0.0342. The summed E-state index contributed by atoms with van der Waals surface area (Å²) in [5.74, 6) is -3.77. The highest BCUT2D eigenvalue weighted by Gasteiger charge is 2.38. The molecule has 0 saturated carbocycles. The first-order chi connectivity index (χ1) is 9.74. The molecule has 1 aromatic carbocycles. The van der Waals surface area contributed by atoms with E-state index < -0.39 is 23.9 Å². The third-order valence-electron chi connectivity index (χ3n) is 2.20. The molecule has 0 atom stereocenters. The molecule has 0 radical (unpaired) electrons. The molecule has 1 rings (SSSR count). The predicted molar refractivity (Wildman–Crippen MR) is 66.8 cm³/mol. The normalized spacial score (nSPS) is 11.5. The summed E-state index contributed by atoms with van der Waals surface area (Å²) >= 11 is 0. The Morgan fingerprint density at radius 2 is 2.00 bits per heavy atom. The first kappa shape index (κ1) is 16.7. The Morgan fingerprint density at radius 3 is 2.52 bits per heavy atom. The van der Waals surface area contributed by atoms with Crippen LogP contribution < -0.4 is 5.32 Å². The SMILES string of the molecule is CCOC(=O)/C=C/c1ccc(NC(=O)C(F)(F)F)cc1F. The van der Waals surface area contributed by atoms with Gasteiger partial charge in [0.25, 0.3) is 0 Å². The Labute approximate surface area is 117 Å². The molecular formula is C13H11F4NO3. The molecule has 1 aromatic rings. The molecule has 0 spiro atoms. The fourth-order valence-corrected chi connectivity index (χ4v) is 1.29. The van der Waals surface area contributed by atoms with Crippen LogP contribution in [0.25, 0.3) is 6.08 Å². The van der Waals surface area contributed by atoms with Gasteiger partial charge < -0.3 is 10.1 Å². The van der Waals surface area contributed by atoms with Crippen LogP contribution in [0.1, 0.15) is 12.5 Å². The summed E-state index contributed by atoms with van der Waals surface area (Å²) in [4.78, 5) is 21.7. The number of hydrogen-bond acceptors (Lipinski definition) is 3. The molecular weight excluding hydrogens is 294 g/mol. The minimum atomic E-state index is -5.06. The van der Waals surface area contributed by atoms with E-state index in [-0.39, 0.29) is 17.9 Å². The average Bonchev–Trinajstić information content (AvgIpc) is 2.37. The van der Waals surface area contributed by atoms with Crippen LogP contribution in [0.15, 0.2) is 24.3 Å². The van der Waals surface area contributed by atoms with Crippen molar-refractivity contribution >= 4 is 23.6 Å². The number of amides is 1. The van der Waals surface area contributed by atoms with E-state index in [0.29, 0.717) is 6.07 Å². The number of rotatable bonds is 4. The van der Waals surface area contributed by atoms with Gasteiger partial charge in [0, 0.05) is 17.3 Å². The number of ether oxygens (including phenoxy) is 1. The van der Waals surface area contributed by atoms with Crippen LogP contribution in [0.2, 0.25) is 0 Å². The largest absolute Gasteiger partial charge is 0.471 e. The van der Waals surface area contributed by atoms with Crippen LogP contribution >= 0.6 is 0 Å². The molecule has 0 heterocycles. The number of carbonyl (C=O) groups excluding carboxylic acids is 2. The molecule has 21 heavy (non-hydrogen) atoms. The van der Waals surface area contributed by atoms with Gasteiger partial charge in [-0.1, -0.05) is 0 Å². The van der Waals surface area contributed by atoms with E-state index in [1.807, 2.05) is 0 Å². The quantitative estimate of drug-likeness (QED) is 0.528. The number of nitrogens with one attached hydrogen (secondary N) is 1. The van der Waals surface area contributed by atoms with Crippen molar-refractivity contribution in [3.8, 4) is 0 Å². The van der Waals surface area contributed by atoms with Gasteiger partial charge in [-0.25, -0.2) is 9.18 Å². The third-order valence-corrected chi connectivity index (χ3v) is 2.20. The smallest absolute Gasteiger partial charge is 0.463 e. The summed E-state index contributed by atoms with van der Waals surface area (Å²) in [6, 6.07) is 2.92. The van der Waals surface area contributed by atoms with Gasteiger partial charge in [-0.15, -0.1) is 0 Å². The van der Waals surface area contributed by atoms with Gasteiger partial charge in [0.15, 0.2) is 0 Å². The molecule has 8 heteroatoms. The Hall–Kier alpha value is -2.38. The van der Waals surface area contributed by atoms with Crippen molar-refractivity contribution in [1.29, 1.82) is 0 Å². The number of esters is 1. The van der Waals surface area contributed by atoms with Crippen molar-refractivity contribution in [1.82, 2.24) is 0 Å². The van der Waals surface area contributed by atoms with Crippen LogP contribution in [-0.2, 0) is 14.3 Å². The maximum absolute atomic E-state index is 13.6. The fraction of sp³-hybridized carbons (Fsp3) is 0.231. The molecule has 0 saturated heterocycles. The van der Waals surface area contributed by atoms with Gasteiger partial charge in [0.1, 0.15) is 5.82 Å². The summed E-state index contributed by atoms with van der Waals surface area (Å²) in [5.41, 5.74) is -0.379. The van der Waals surface area contributed by atoms with Gasteiger partial charge >= 0.3 is 18.1 Å². The second-order valence-corrected chi connectivity index (χ2v) is 3.77. The van der Waals surface area contributed by atoms with Gasteiger partial charge in [0.05, 0.1) is 6.61 Å². The minimum Gasteiger partial charge on any atom is -0.463 e. The van der Waals surface area contributed by atoms with Crippen molar-refractivity contribution in [2.24, 2.45) is 0 Å². The van der Waals surface area contributed by atoms with Crippen molar-refractivity contribution in [2.75, 3.05) is 11.9 Å². The molecule has 1 amide bonds. The van der Waals surface area contributed by atoms with Gasteiger partial charge in [-0.3, -0.25) is 4.79 Å². The Morgan fingerprint density at radius 1 is 1.33 bits per heavy atom. The molecule has 0 aliphatic rings. The van der Waals surface area contributed by atoms with Crippen molar-refractivity contribution < 1.29 is 31.9 Å². The number of alkyl halides is 3. The molecule has 0 aromatic heterocycles. The highest BCUT2D eigenvalue weighted by Crippen LogP contribution is 2.20. The number of halogens is 4. The number of carbonyl (C=O) groups is 2. The third kappa shape index (κ3) is 5.25. The summed E-state index contributed by atoms with van der Waals surface area (Å²) in [6.07, 6.45) is -2.96. The molecule has 114 valence electrons. The molecule has 0 unspecified atom stereocenters. The van der Waals surface area contributed by atoms with E-state index in [4.69, 9.17) is 0 Å². The van der Waals surface area contributed by atoms with Crippen LogP contribution in [0.4, 0.5) is 23.2 Å². The Bertz CT molecular complexity index is 567. The van der Waals surface area contributed by atoms with Gasteiger partial charge in [-0.05, 0) is 31.2 Å². The van der Waals surface area contributed by atoms with E-state index in [1.165, 1.54) is 5.32 Å². The van der Waals surface area contributed by atoms with Crippen LogP contribution in [0.3, 0.4) is 0 Å². The lowest BCUT2D eigenvalue weighted by Crippen LogP contribution is -2.29. The zero-order chi connectivity index (χ0) is 16.0. The molecule has 0 bridgehead atoms. The van der Waals surface area contributed by atoms with Crippen LogP contribution in [-0.4, -0.2) is 24.7 Å². The summed E-state index contributed by atoms with van der Waals surface area (Å²) in [6.45, 7) is 1.76. The standard InChI is InChI=1S/C13H11F4NO3/c1-2-21-11(19)6-4-8-3-5-9(7-10(8)14)18-12(20)13(15,16)17/h3-7H,2H2,1H3,(H,18,20)/b6-4+. The molecule has 0 aliphatic heterocycles. The highest BCUT2D eigenvalue weighted by molar-refractivity contribution is 5.95. The zero-order valence-corrected chi connectivity index (χ0v) is 10.8. The monoisotopic (exact) mass is 305 g/mol. The van der Waals surface area contributed by atoms with E-state index in [1.54, 1.807) is 6.92 Å². The Kier molecular flexibility index (Phi) is 5.45. The lowest BCUT2D eigenvalue weighted by molar-refractivity contribution is -0.167. The molecule has 4 nitrogen and oxygen atoms in total. The average molecular weight is 305 g/mol. The summed E-state index contributed by atoms with van der Waals surface area (Å²) < 4.78 is 54.3. The second kappa shape index (κ2) is 6.87. The number of hydrogen-bond donors (Lipinski definition) is 1. The molecule has 0 fully saturated rings. The van der Waals surface area contributed by atoms with Crippen molar-refractivity contribution in [3.05, 3.63) is 35.7 Å². The number of anilines is 1. The van der Waals surface area contributed by atoms with Crippen LogP contribution in [0, 0.1) is 5.82 Å². The number of benzene rings is 1. The second-order valence-electron chi connectivity index (χ2n) is 3.77. The van der Waals surface area contributed by atoms with E-state index >= 15 is 0 Å². The fourth-order valence-electron chi connectivity index (χ4n) is 1.29. The lowest BCUT2D eigenvalue weighted by atomic mass is 10.1. The van der Waals surface area contributed by atoms with E-state index in [2.05, 4.69) is 4.74 Å². The van der Waals surface area contributed by atoms with Gasteiger partial charge in [0.2, 0.25) is 0 Å². The first-order valence-electron chi connectivity index (χ1n) is 5.76. The van der Waals surface area contributed by atoms with Gasteiger partial charge in [-0.2, -0.15) is 13.2 Å². The first-order valence-corrected chi connectivity index (χ1v) is 5.76. The van der Waals surface area contributed by atoms with E-state index in [9.17, 15) is 27.2 Å². The summed E-state index contributed by atoms with van der Waals surface area (Å²) in [7, 11) is 0. The topological polar surface area (TPSA) is 55.4 Å². The van der Waals surface area contributed by atoms with Crippen LogP contribution in [0.5, 0.6) is 0 Å². The van der Waals surface area contributed by atoms with E-state index in [0.717, 1.165) is 24.3 Å². The molecule has 1 N–H and O–H groups in total. The highest BCUT2D eigenvalue weighted by atomic mass is 19.4. The lowest BCUT2D eigenvalue weighted by Gasteiger charge is -2.08. The maximum atomic E-state index is 13.6. The molecule has 0 aliphatic carbocycles.